The second-order valence-electron chi connectivity index (χ2n) is 3.92. The summed E-state index contributed by atoms with van der Waals surface area (Å²) in [5.74, 6) is 0.0241. The van der Waals surface area contributed by atoms with Crippen LogP contribution >= 0.6 is 0 Å². The first-order chi connectivity index (χ1) is 8.16. The van der Waals surface area contributed by atoms with Crippen molar-refractivity contribution in [1.29, 1.82) is 5.26 Å². The van der Waals surface area contributed by atoms with E-state index in [0.717, 1.165) is 12.8 Å². The molecule has 1 fully saturated rings. The first-order valence-electron chi connectivity index (χ1n) is 5.07. The molecule has 2 rings (SSSR count). The van der Waals surface area contributed by atoms with Crippen LogP contribution in [0.15, 0.2) is 17.1 Å². The number of nitrogens with zero attached hydrogens (tertiary/aromatic N) is 2. The number of nitriles is 1. The quantitative estimate of drug-likeness (QED) is 0.631. The number of carbonyl (C=O) groups excluding carboxylic acids is 1. The molecule has 1 aliphatic rings. The van der Waals surface area contributed by atoms with Gasteiger partial charge in [-0.2, -0.15) is 10.3 Å². The largest absolute Gasteiger partial charge is 0.504 e. The maximum Gasteiger partial charge on any atom is 0.235 e. The maximum absolute atomic E-state index is 10.4. The molecule has 0 bridgehead atoms. The number of isocyanates is 1. The smallest absolute Gasteiger partial charge is 0.235 e. The molecule has 0 heterocycles. The van der Waals surface area contributed by atoms with Gasteiger partial charge in [-0.15, -0.1) is 0 Å². The zero-order valence-corrected chi connectivity index (χ0v) is 9.23. The molecule has 5 heteroatoms. The Hall–Kier alpha value is -2.31. The molecule has 0 aliphatic heterocycles. The molecular weight excluding hydrogens is 220 g/mol. The molecule has 5 nitrogen and oxygen atoms in total. The molecule has 0 atom stereocenters. The van der Waals surface area contributed by atoms with Crippen LogP contribution in [0.4, 0.5) is 0 Å². The Balaban J connectivity index is 2.56. The van der Waals surface area contributed by atoms with E-state index in [9.17, 15) is 9.90 Å². The predicted molar refractivity (Wildman–Crippen MR) is 58.4 cm³/mol. The molecule has 0 spiro atoms. The molecule has 17 heavy (non-hydrogen) atoms. The fourth-order valence-electron chi connectivity index (χ4n) is 1.85. The standard InChI is InChI=1S/C12H10N2O3/c1-17-11-8(6-13)4-9(5-10(11)16)12(2-3-12)14-7-15/h4-5,16H,2-3H2,1H3. The third-order valence-corrected chi connectivity index (χ3v) is 2.91. The van der Waals surface area contributed by atoms with Crippen molar-refractivity contribution in [2.45, 2.75) is 18.4 Å². The normalized spacial score (nSPS) is 15.5. The number of aromatic hydroxyl groups is 1. The van der Waals surface area contributed by atoms with Crippen molar-refractivity contribution in [3.8, 4) is 17.6 Å². The number of methoxy groups -OCH3 is 1. The predicted octanol–water partition coefficient (Wildman–Crippen LogP) is 1.60. The molecule has 0 unspecified atom stereocenters. The van der Waals surface area contributed by atoms with Crippen molar-refractivity contribution in [3.05, 3.63) is 23.3 Å². The van der Waals surface area contributed by atoms with Crippen LogP contribution in [0.3, 0.4) is 0 Å². The summed E-state index contributed by atoms with van der Waals surface area (Å²) in [6.45, 7) is 0. The Morgan fingerprint density at radius 1 is 1.53 bits per heavy atom. The molecule has 1 aromatic carbocycles. The zero-order valence-electron chi connectivity index (χ0n) is 9.23. The van der Waals surface area contributed by atoms with Crippen LogP contribution in [0.25, 0.3) is 0 Å². The number of rotatable bonds is 3. The van der Waals surface area contributed by atoms with Crippen LogP contribution in [0.5, 0.6) is 11.5 Å². The number of phenolic OH excluding ortho intramolecular Hbond substituents is 1. The number of hydrogen-bond donors (Lipinski definition) is 1. The number of aliphatic imine (C=N–C) groups is 1. The van der Waals surface area contributed by atoms with E-state index >= 15 is 0 Å². The van der Waals surface area contributed by atoms with Gasteiger partial charge in [0.25, 0.3) is 0 Å². The van der Waals surface area contributed by atoms with Gasteiger partial charge in [0, 0.05) is 0 Å². The summed E-state index contributed by atoms with van der Waals surface area (Å²) >= 11 is 0. The summed E-state index contributed by atoms with van der Waals surface area (Å²) in [7, 11) is 1.38. The Morgan fingerprint density at radius 3 is 2.71 bits per heavy atom. The summed E-state index contributed by atoms with van der Waals surface area (Å²) in [6, 6.07) is 5.01. The maximum atomic E-state index is 10.4. The van der Waals surface area contributed by atoms with Gasteiger partial charge < -0.3 is 9.84 Å². The average molecular weight is 230 g/mol. The molecule has 1 N–H and O–H groups in total. The Bertz CT molecular complexity index is 550. The minimum Gasteiger partial charge on any atom is -0.504 e. The average Bonchev–Trinajstić information content (AvgIpc) is 3.09. The lowest BCUT2D eigenvalue weighted by molar-refractivity contribution is 0.371. The summed E-state index contributed by atoms with van der Waals surface area (Å²) in [4.78, 5) is 14.1. The Labute approximate surface area is 98.0 Å². The van der Waals surface area contributed by atoms with Crippen LogP contribution in [0.2, 0.25) is 0 Å². The van der Waals surface area contributed by atoms with E-state index in [1.165, 1.54) is 19.3 Å². The highest BCUT2D eigenvalue weighted by molar-refractivity contribution is 5.56. The fourth-order valence-corrected chi connectivity index (χ4v) is 1.85. The topological polar surface area (TPSA) is 82.7 Å². The van der Waals surface area contributed by atoms with Gasteiger partial charge in [0.2, 0.25) is 6.08 Å². The van der Waals surface area contributed by atoms with E-state index in [1.54, 1.807) is 6.07 Å². The van der Waals surface area contributed by atoms with Crippen LogP contribution in [0.1, 0.15) is 24.0 Å². The SMILES string of the molecule is COc1c(O)cc(C2(N=C=O)CC2)cc1C#N. The molecule has 0 radical (unpaired) electrons. The number of ether oxygens (including phenoxy) is 1. The monoisotopic (exact) mass is 230 g/mol. The van der Waals surface area contributed by atoms with Crippen LogP contribution < -0.4 is 4.74 Å². The minimum atomic E-state index is -0.600. The van der Waals surface area contributed by atoms with E-state index in [0.29, 0.717) is 5.56 Å². The van der Waals surface area contributed by atoms with Crippen molar-refractivity contribution < 1.29 is 14.6 Å². The van der Waals surface area contributed by atoms with E-state index < -0.39 is 5.54 Å². The van der Waals surface area contributed by atoms with E-state index in [4.69, 9.17) is 10.00 Å². The van der Waals surface area contributed by atoms with Gasteiger partial charge in [0.15, 0.2) is 11.5 Å². The summed E-state index contributed by atoms with van der Waals surface area (Å²) in [5, 5.41) is 18.7. The van der Waals surface area contributed by atoms with E-state index in [1.807, 2.05) is 6.07 Å². The number of phenols is 1. The zero-order chi connectivity index (χ0) is 12.5. The van der Waals surface area contributed by atoms with Gasteiger partial charge in [-0.05, 0) is 30.5 Å². The fraction of sp³-hybridized carbons (Fsp3) is 0.333. The second-order valence-corrected chi connectivity index (χ2v) is 3.92. The highest BCUT2D eigenvalue weighted by Crippen LogP contribution is 2.51. The molecular formula is C12H10N2O3. The lowest BCUT2D eigenvalue weighted by Gasteiger charge is -2.12. The molecule has 0 amide bonds. The van der Waals surface area contributed by atoms with Crippen LogP contribution in [-0.2, 0) is 10.3 Å². The van der Waals surface area contributed by atoms with Gasteiger partial charge in [0.1, 0.15) is 6.07 Å². The van der Waals surface area contributed by atoms with Crippen LogP contribution in [-0.4, -0.2) is 18.3 Å². The molecule has 1 aromatic rings. The van der Waals surface area contributed by atoms with Gasteiger partial charge in [-0.25, -0.2) is 4.79 Å². The first kappa shape index (κ1) is 11.2. The summed E-state index contributed by atoms with van der Waals surface area (Å²) in [5.41, 5.74) is 0.280. The second kappa shape index (κ2) is 3.93. The van der Waals surface area contributed by atoms with Crippen molar-refractivity contribution >= 4 is 6.08 Å². The van der Waals surface area contributed by atoms with E-state index in [2.05, 4.69) is 4.99 Å². The van der Waals surface area contributed by atoms with Gasteiger partial charge >= 0.3 is 0 Å². The highest BCUT2D eigenvalue weighted by Gasteiger charge is 2.45. The molecule has 1 aliphatic carbocycles. The third kappa shape index (κ3) is 1.75. The van der Waals surface area contributed by atoms with Crippen LogP contribution in [0, 0.1) is 11.3 Å². The van der Waals surface area contributed by atoms with Crippen molar-refractivity contribution in [2.24, 2.45) is 4.99 Å². The molecule has 1 saturated carbocycles. The number of benzene rings is 1. The lowest BCUT2D eigenvalue weighted by Crippen LogP contribution is -2.03. The minimum absolute atomic E-state index is 0.117. The highest BCUT2D eigenvalue weighted by atomic mass is 16.5. The molecule has 86 valence electrons. The first-order valence-corrected chi connectivity index (χ1v) is 5.07. The summed E-state index contributed by atoms with van der Waals surface area (Å²) < 4.78 is 4.93. The van der Waals surface area contributed by atoms with E-state index in [-0.39, 0.29) is 17.1 Å². The van der Waals surface area contributed by atoms with Crippen molar-refractivity contribution in [3.63, 3.8) is 0 Å². The third-order valence-electron chi connectivity index (χ3n) is 2.91. The Kier molecular flexibility index (Phi) is 2.58. The lowest BCUT2D eigenvalue weighted by atomic mass is 10.0. The van der Waals surface area contributed by atoms with Gasteiger partial charge in [-0.3, -0.25) is 0 Å². The van der Waals surface area contributed by atoms with Gasteiger partial charge in [0.05, 0.1) is 18.2 Å². The molecule has 0 aromatic heterocycles. The number of hydrogen-bond acceptors (Lipinski definition) is 5. The van der Waals surface area contributed by atoms with Crippen molar-refractivity contribution in [2.75, 3.05) is 7.11 Å². The van der Waals surface area contributed by atoms with Crippen molar-refractivity contribution in [1.82, 2.24) is 0 Å². The van der Waals surface area contributed by atoms with Gasteiger partial charge in [-0.1, -0.05) is 0 Å². The Morgan fingerprint density at radius 2 is 2.24 bits per heavy atom. The molecule has 0 saturated heterocycles. The summed E-state index contributed by atoms with van der Waals surface area (Å²) in [6.07, 6.45) is 2.98.